The molecule has 0 unspecified atom stereocenters. The number of rotatable bonds is 3. The number of piperazine rings is 1. The lowest BCUT2D eigenvalue weighted by Crippen LogP contribution is -2.60. The molecule has 1 aliphatic rings. The van der Waals surface area contributed by atoms with Gasteiger partial charge in [0.25, 0.3) is 0 Å². The molecule has 7 heteroatoms. The molecule has 0 aromatic carbocycles. The van der Waals surface area contributed by atoms with Gasteiger partial charge in [-0.15, -0.1) is 0 Å². The van der Waals surface area contributed by atoms with Gasteiger partial charge in [-0.1, -0.05) is 6.92 Å². The molecule has 0 saturated carbocycles. The highest BCUT2D eigenvalue weighted by Crippen LogP contribution is 2.25. The zero-order chi connectivity index (χ0) is 13.4. The molecule has 0 radical (unpaired) electrons. The predicted octanol–water partition coefficient (Wildman–Crippen LogP) is 0.514. The van der Waals surface area contributed by atoms with Crippen LogP contribution >= 0.6 is 0 Å². The van der Waals surface area contributed by atoms with Crippen LogP contribution in [0.3, 0.4) is 0 Å². The second-order valence-corrected chi connectivity index (χ2v) is 7.10. The van der Waals surface area contributed by atoms with Crippen LogP contribution in [-0.2, 0) is 10.0 Å². The monoisotopic (exact) mass is 272 g/mol. The number of nitrogens with zero attached hydrogens (tertiary/aromatic N) is 3. The van der Waals surface area contributed by atoms with Crippen LogP contribution in [0.15, 0.2) is 17.3 Å². The first kappa shape index (κ1) is 13.5. The zero-order valence-corrected chi connectivity index (χ0v) is 11.9. The number of hydrogen-bond acceptors (Lipinski definition) is 4. The highest BCUT2D eigenvalue weighted by atomic mass is 32.2. The van der Waals surface area contributed by atoms with E-state index in [0.29, 0.717) is 13.1 Å². The Labute approximate surface area is 108 Å². The van der Waals surface area contributed by atoms with E-state index >= 15 is 0 Å². The van der Waals surface area contributed by atoms with Gasteiger partial charge in [0.1, 0.15) is 4.90 Å². The van der Waals surface area contributed by atoms with Gasteiger partial charge in [-0.05, 0) is 20.4 Å². The summed E-state index contributed by atoms with van der Waals surface area (Å²) in [6, 6.07) is 0. The number of aromatic nitrogens is 2. The molecule has 2 heterocycles. The third-order valence-electron chi connectivity index (χ3n) is 3.53. The summed E-state index contributed by atoms with van der Waals surface area (Å²) in [6.07, 6.45) is 2.78. The molecule has 1 aromatic rings. The SMILES string of the molecule is CCN1CCN(S(=O)(=O)c2cn[nH]c2)CC1(C)C. The minimum Gasteiger partial charge on any atom is -0.296 e. The van der Waals surface area contributed by atoms with Gasteiger partial charge in [0.05, 0.1) is 6.20 Å². The van der Waals surface area contributed by atoms with Crippen LogP contribution in [0.4, 0.5) is 0 Å². The Bertz CT molecular complexity index is 495. The summed E-state index contributed by atoms with van der Waals surface area (Å²) in [5.41, 5.74) is -0.135. The molecule has 0 spiro atoms. The van der Waals surface area contributed by atoms with E-state index in [1.807, 2.05) is 0 Å². The molecular weight excluding hydrogens is 252 g/mol. The molecule has 1 saturated heterocycles. The molecule has 1 aromatic heterocycles. The van der Waals surface area contributed by atoms with E-state index in [1.54, 1.807) is 4.31 Å². The van der Waals surface area contributed by atoms with Gasteiger partial charge in [-0.2, -0.15) is 9.40 Å². The van der Waals surface area contributed by atoms with Crippen molar-refractivity contribution >= 4 is 10.0 Å². The van der Waals surface area contributed by atoms with E-state index in [2.05, 4.69) is 35.9 Å². The first-order chi connectivity index (χ1) is 8.38. The summed E-state index contributed by atoms with van der Waals surface area (Å²) in [5.74, 6) is 0. The average molecular weight is 272 g/mol. The third-order valence-corrected chi connectivity index (χ3v) is 5.34. The molecule has 1 aliphatic heterocycles. The normalized spacial score (nSPS) is 22.2. The number of aromatic amines is 1. The Morgan fingerprint density at radius 2 is 2.17 bits per heavy atom. The maximum atomic E-state index is 12.4. The van der Waals surface area contributed by atoms with Crippen molar-refractivity contribution in [2.45, 2.75) is 31.2 Å². The molecule has 18 heavy (non-hydrogen) atoms. The second kappa shape index (κ2) is 4.64. The van der Waals surface area contributed by atoms with Gasteiger partial charge in [0, 0.05) is 31.4 Å². The number of hydrogen-bond donors (Lipinski definition) is 1. The van der Waals surface area contributed by atoms with Crippen LogP contribution in [0.2, 0.25) is 0 Å². The van der Waals surface area contributed by atoms with Gasteiger partial charge < -0.3 is 0 Å². The fraction of sp³-hybridized carbons (Fsp3) is 0.727. The Morgan fingerprint density at radius 1 is 1.44 bits per heavy atom. The molecule has 0 aliphatic carbocycles. The summed E-state index contributed by atoms with van der Waals surface area (Å²) in [5, 5.41) is 6.26. The maximum absolute atomic E-state index is 12.4. The Morgan fingerprint density at radius 3 is 2.67 bits per heavy atom. The quantitative estimate of drug-likeness (QED) is 0.870. The van der Waals surface area contributed by atoms with Crippen molar-refractivity contribution < 1.29 is 8.42 Å². The van der Waals surface area contributed by atoms with E-state index in [9.17, 15) is 8.42 Å². The van der Waals surface area contributed by atoms with Crippen LogP contribution in [0.25, 0.3) is 0 Å². The van der Waals surface area contributed by atoms with Crippen LogP contribution in [0.5, 0.6) is 0 Å². The number of H-pyrrole nitrogens is 1. The second-order valence-electron chi connectivity index (χ2n) is 5.16. The average Bonchev–Trinajstić information content (AvgIpc) is 2.81. The molecule has 0 bridgehead atoms. The largest absolute Gasteiger partial charge is 0.296 e. The van der Waals surface area contributed by atoms with Crippen molar-refractivity contribution in [1.82, 2.24) is 19.4 Å². The first-order valence-electron chi connectivity index (χ1n) is 6.12. The van der Waals surface area contributed by atoms with Crippen molar-refractivity contribution in [1.29, 1.82) is 0 Å². The van der Waals surface area contributed by atoms with Crippen LogP contribution in [0.1, 0.15) is 20.8 Å². The Balaban J connectivity index is 2.22. The van der Waals surface area contributed by atoms with Crippen molar-refractivity contribution in [3.05, 3.63) is 12.4 Å². The molecule has 1 N–H and O–H groups in total. The van der Waals surface area contributed by atoms with Crippen LogP contribution in [-0.4, -0.2) is 59.5 Å². The minimum absolute atomic E-state index is 0.135. The summed E-state index contributed by atoms with van der Waals surface area (Å²) in [7, 11) is -3.41. The Kier molecular flexibility index (Phi) is 3.48. The molecule has 2 rings (SSSR count). The molecule has 1 fully saturated rings. The minimum atomic E-state index is -3.41. The van der Waals surface area contributed by atoms with E-state index in [-0.39, 0.29) is 10.4 Å². The standard InChI is InChI=1S/C11H20N4O2S/c1-4-14-5-6-15(9-11(14,2)3)18(16,17)10-7-12-13-8-10/h7-8H,4-6,9H2,1-3H3,(H,12,13). The van der Waals surface area contributed by atoms with Crippen LogP contribution in [0, 0.1) is 0 Å². The van der Waals surface area contributed by atoms with E-state index in [0.717, 1.165) is 13.1 Å². The number of likely N-dealkylation sites (N-methyl/N-ethyl adjacent to an activating group) is 1. The van der Waals surface area contributed by atoms with E-state index in [1.165, 1.54) is 12.4 Å². The molecule has 0 amide bonds. The molecule has 0 atom stereocenters. The first-order valence-corrected chi connectivity index (χ1v) is 7.56. The van der Waals surface area contributed by atoms with Crippen LogP contribution < -0.4 is 0 Å². The van der Waals surface area contributed by atoms with Crippen molar-refractivity contribution in [3.63, 3.8) is 0 Å². The fourth-order valence-electron chi connectivity index (χ4n) is 2.47. The Hall–Kier alpha value is -0.920. The van der Waals surface area contributed by atoms with Crippen molar-refractivity contribution in [3.8, 4) is 0 Å². The van der Waals surface area contributed by atoms with Crippen molar-refractivity contribution in [2.24, 2.45) is 0 Å². The van der Waals surface area contributed by atoms with Gasteiger partial charge in [-0.3, -0.25) is 10.00 Å². The lowest BCUT2D eigenvalue weighted by molar-refractivity contribution is 0.0596. The molecule has 102 valence electrons. The van der Waals surface area contributed by atoms with E-state index in [4.69, 9.17) is 0 Å². The van der Waals surface area contributed by atoms with Gasteiger partial charge in [-0.25, -0.2) is 8.42 Å². The summed E-state index contributed by atoms with van der Waals surface area (Å²) in [4.78, 5) is 2.54. The number of nitrogens with one attached hydrogen (secondary N) is 1. The van der Waals surface area contributed by atoms with Gasteiger partial charge in [0.2, 0.25) is 10.0 Å². The van der Waals surface area contributed by atoms with E-state index < -0.39 is 10.0 Å². The highest BCUT2D eigenvalue weighted by Gasteiger charge is 2.38. The fourth-order valence-corrected chi connectivity index (χ4v) is 3.96. The lowest BCUT2D eigenvalue weighted by atomic mass is 10.0. The van der Waals surface area contributed by atoms with Gasteiger partial charge >= 0.3 is 0 Å². The summed E-state index contributed by atoms with van der Waals surface area (Å²) in [6.45, 7) is 9.00. The topological polar surface area (TPSA) is 69.3 Å². The maximum Gasteiger partial charge on any atom is 0.246 e. The smallest absolute Gasteiger partial charge is 0.246 e. The molecule has 6 nitrogen and oxygen atoms in total. The highest BCUT2D eigenvalue weighted by molar-refractivity contribution is 7.89. The summed E-state index contributed by atoms with van der Waals surface area (Å²) >= 11 is 0. The zero-order valence-electron chi connectivity index (χ0n) is 11.0. The lowest BCUT2D eigenvalue weighted by Gasteiger charge is -2.46. The summed E-state index contributed by atoms with van der Waals surface area (Å²) < 4.78 is 26.3. The molecular formula is C11H20N4O2S. The predicted molar refractivity (Wildman–Crippen MR) is 68.7 cm³/mol. The van der Waals surface area contributed by atoms with Gasteiger partial charge in [0.15, 0.2) is 0 Å². The third kappa shape index (κ3) is 2.30. The number of sulfonamides is 1. The van der Waals surface area contributed by atoms with Crippen molar-refractivity contribution in [2.75, 3.05) is 26.2 Å².